The topological polar surface area (TPSA) is 65.7 Å². The fraction of sp³-hybridized carbons (Fsp3) is 0.600. The highest BCUT2D eigenvalue weighted by Crippen LogP contribution is 2.27. The molecule has 7 heteroatoms. The van der Waals surface area contributed by atoms with Crippen molar-refractivity contribution in [2.75, 3.05) is 26.7 Å². The normalized spacial score (nSPS) is 16.6. The summed E-state index contributed by atoms with van der Waals surface area (Å²) in [5.74, 6) is 1.78. The maximum absolute atomic E-state index is 5.46. The number of rotatable bonds is 8. The van der Waals surface area contributed by atoms with Gasteiger partial charge in [0.2, 0.25) is 0 Å². The Morgan fingerprint density at radius 1 is 1.30 bits per heavy atom. The molecule has 27 heavy (non-hydrogen) atoms. The van der Waals surface area contributed by atoms with Gasteiger partial charge < -0.3 is 15.2 Å². The third-order valence-electron chi connectivity index (χ3n) is 5.18. The van der Waals surface area contributed by atoms with E-state index in [-0.39, 0.29) is 0 Å². The van der Waals surface area contributed by atoms with Gasteiger partial charge in [0.25, 0.3) is 0 Å². The second-order valence-corrected chi connectivity index (χ2v) is 7.80. The molecular formula is C20H31N5OS. The first-order valence-corrected chi connectivity index (χ1v) is 10.8. The lowest BCUT2D eigenvalue weighted by molar-refractivity contribution is 0.249. The quantitative estimate of drug-likeness (QED) is 0.535. The van der Waals surface area contributed by atoms with Crippen molar-refractivity contribution in [1.29, 1.82) is 0 Å². The van der Waals surface area contributed by atoms with Gasteiger partial charge in [0.1, 0.15) is 5.76 Å². The molecule has 0 saturated carbocycles. The van der Waals surface area contributed by atoms with Crippen molar-refractivity contribution in [2.45, 2.75) is 52.1 Å². The van der Waals surface area contributed by atoms with Crippen LogP contribution in [0.15, 0.2) is 27.0 Å². The monoisotopic (exact) mass is 389 g/mol. The van der Waals surface area contributed by atoms with Crippen molar-refractivity contribution >= 4 is 17.3 Å². The molecule has 0 radical (unpaired) electrons. The highest BCUT2D eigenvalue weighted by atomic mass is 32.1. The summed E-state index contributed by atoms with van der Waals surface area (Å²) < 4.78 is 5.46. The maximum atomic E-state index is 5.46. The van der Waals surface area contributed by atoms with E-state index in [1.165, 1.54) is 30.8 Å². The van der Waals surface area contributed by atoms with Gasteiger partial charge >= 0.3 is 0 Å². The number of aryl methyl sites for hydroxylation is 2. The Bertz CT molecular complexity index is 697. The van der Waals surface area contributed by atoms with Crippen LogP contribution in [-0.2, 0) is 19.4 Å². The van der Waals surface area contributed by atoms with E-state index in [1.54, 1.807) is 0 Å². The number of nitrogens with zero attached hydrogens (tertiary/aromatic N) is 3. The van der Waals surface area contributed by atoms with Crippen molar-refractivity contribution in [2.24, 2.45) is 4.99 Å². The Kier molecular flexibility index (Phi) is 7.29. The summed E-state index contributed by atoms with van der Waals surface area (Å²) in [4.78, 5) is 8.40. The molecule has 2 N–H and O–H groups in total. The van der Waals surface area contributed by atoms with Gasteiger partial charge in [0, 0.05) is 37.0 Å². The van der Waals surface area contributed by atoms with E-state index in [2.05, 4.69) is 57.0 Å². The van der Waals surface area contributed by atoms with Crippen LogP contribution in [0.3, 0.4) is 0 Å². The average Bonchev–Trinajstić information content (AvgIpc) is 3.46. The first kappa shape index (κ1) is 19.9. The second kappa shape index (κ2) is 9.90. The number of hydrogen-bond donors (Lipinski definition) is 2. The lowest BCUT2D eigenvalue weighted by atomic mass is 10.1. The number of hydrogen-bond acceptors (Lipinski definition) is 5. The summed E-state index contributed by atoms with van der Waals surface area (Å²) in [6.07, 6.45) is 4.32. The predicted molar refractivity (Wildman–Crippen MR) is 111 cm³/mol. The summed E-state index contributed by atoms with van der Waals surface area (Å²) in [7, 11) is 1.82. The zero-order valence-corrected chi connectivity index (χ0v) is 17.4. The molecule has 0 amide bonds. The highest BCUT2D eigenvalue weighted by Gasteiger charge is 2.24. The maximum Gasteiger partial charge on any atom is 0.191 e. The summed E-state index contributed by atoms with van der Waals surface area (Å²) in [5, 5.41) is 13.3. The first-order chi connectivity index (χ1) is 13.3. The molecule has 1 atom stereocenters. The van der Waals surface area contributed by atoms with Gasteiger partial charge in [0.05, 0.1) is 11.7 Å². The SMILES string of the molecule is CCc1noc(CC)c1CNC(=NC)NCC(c1cccs1)N1CCCC1. The van der Waals surface area contributed by atoms with Crippen molar-refractivity contribution < 1.29 is 4.52 Å². The third kappa shape index (κ3) is 4.90. The fourth-order valence-corrected chi connectivity index (χ4v) is 4.53. The van der Waals surface area contributed by atoms with E-state index < -0.39 is 0 Å². The van der Waals surface area contributed by atoms with Gasteiger partial charge in [-0.3, -0.25) is 9.89 Å². The van der Waals surface area contributed by atoms with E-state index in [0.717, 1.165) is 42.4 Å². The van der Waals surface area contributed by atoms with Crippen molar-refractivity contribution in [3.05, 3.63) is 39.4 Å². The number of aliphatic imine (C=N–C) groups is 1. The smallest absolute Gasteiger partial charge is 0.191 e. The van der Waals surface area contributed by atoms with Crippen molar-refractivity contribution in [1.82, 2.24) is 20.7 Å². The molecule has 0 aliphatic carbocycles. The second-order valence-electron chi connectivity index (χ2n) is 6.82. The van der Waals surface area contributed by atoms with Crippen LogP contribution in [0.25, 0.3) is 0 Å². The van der Waals surface area contributed by atoms with Crippen LogP contribution < -0.4 is 10.6 Å². The Labute approximate surface area is 166 Å². The lowest BCUT2D eigenvalue weighted by Gasteiger charge is -2.27. The molecule has 0 aromatic carbocycles. The molecular weight excluding hydrogens is 358 g/mol. The van der Waals surface area contributed by atoms with E-state index in [1.807, 2.05) is 18.4 Å². The summed E-state index contributed by atoms with van der Waals surface area (Å²) in [6.45, 7) is 8.09. The largest absolute Gasteiger partial charge is 0.361 e. The van der Waals surface area contributed by atoms with Gasteiger partial charge in [-0.05, 0) is 43.8 Å². The van der Waals surface area contributed by atoms with Crippen molar-refractivity contribution in [3.8, 4) is 0 Å². The molecule has 3 heterocycles. The standard InChI is InChI=1S/C20H31N5OS/c1-4-16-15(18(5-2)26-24-16)13-22-20(21-3)23-14-17(19-9-8-12-27-19)25-10-6-7-11-25/h8-9,12,17H,4-7,10-11,13-14H2,1-3H3,(H2,21,22,23). The Hall–Kier alpha value is -1.86. The molecule has 2 aromatic rings. The molecule has 0 bridgehead atoms. The number of likely N-dealkylation sites (tertiary alicyclic amines) is 1. The fourth-order valence-electron chi connectivity index (χ4n) is 3.67. The van der Waals surface area contributed by atoms with Gasteiger partial charge in [-0.1, -0.05) is 25.1 Å². The van der Waals surface area contributed by atoms with Crippen LogP contribution in [0, 0.1) is 0 Å². The Balaban J connectivity index is 1.60. The van der Waals surface area contributed by atoms with Crippen LogP contribution in [-0.4, -0.2) is 42.7 Å². The zero-order valence-electron chi connectivity index (χ0n) is 16.6. The molecule has 148 valence electrons. The van der Waals surface area contributed by atoms with E-state index in [9.17, 15) is 0 Å². The van der Waals surface area contributed by atoms with Crippen molar-refractivity contribution in [3.63, 3.8) is 0 Å². The Morgan fingerprint density at radius 2 is 2.11 bits per heavy atom. The molecule has 1 unspecified atom stereocenters. The van der Waals surface area contributed by atoms with Gasteiger partial charge in [-0.2, -0.15) is 0 Å². The molecule has 1 fully saturated rings. The molecule has 0 spiro atoms. The number of nitrogens with one attached hydrogen (secondary N) is 2. The number of aromatic nitrogens is 1. The van der Waals surface area contributed by atoms with E-state index >= 15 is 0 Å². The van der Waals surface area contributed by atoms with Gasteiger partial charge in [0.15, 0.2) is 5.96 Å². The summed E-state index contributed by atoms with van der Waals surface area (Å²) >= 11 is 1.84. The van der Waals surface area contributed by atoms with Gasteiger partial charge in [-0.25, -0.2) is 0 Å². The first-order valence-electron chi connectivity index (χ1n) is 9.95. The minimum absolute atomic E-state index is 0.402. The van der Waals surface area contributed by atoms with Crippen LogP contribution in [0.5, 0.6) is 0 Å². The molecule has 1 aliphatic heterocycles. The molecule has 1 saturated heterocycles. The minimum Gasteiger partial charge on any atom is -0.361 e. The van der Waals surface area contributed by atoms with Gasteiger partial charge in [-0.15, -0.1) is 11.3 Å². The molecule has 3 rings (SSSR count). The molecule has 6 nitrogen and oxygen atoms in total. The third-order valence-corrected chi connectivity index (χ3v) is 6.15. The number of guanidine groups is 1. The summed E-state index contributed by atoms with van der Waals surface area (Å²) in [5.41, 5.74) is 2.20. The molecule has 1 aliphatic rings. The Morgan fingerprint density at radius 3 is 2.74 bits per heavy atom. The number of thiophene rings is 1. The zero-order chi connectivity index (χ0) is 19.1. The minimum atomic E-state index is 0.402. The lowest BCUT2D eigenvalue weighted by Crippen LogP contribution is -2.42. The van der Waals surface area contributed by atoms with E-state index in [0.29, 0.717) is 12.6 Å². The highest BCUT2D eigenvalue weighted by molar-refractivity contribution is 7.10. The predicted octanol–water partition coefficient (Wildman–Crippen LogP) is 3.36. The molecule has 2 aromatic heterocycles. The van der Waals surface area contributed by atoms with Crippen LogP contribution >= 0.6 is 11.3 Å². The van der Waals surface area contributed by atoms with E-state index in [4.69, 9.17) is 4.52 Å². The van der Waals surface area contributed by atoms with Crippen LogP contribution in [0.4, 0.5) is 0 Å². The summed E-state index contributed by atoms with van der Waals surface area (Å²) in [6, 6.07) is 4.78. The van der Waals surface area contributed by atoms with Crippen LogP contribution in [0.1, 0.15) is 54.6 Å². The van der Waals surface area contributed by atoms with Crippen LogP contribution in [0.2, 0.25) is 0 Å². The average molecular weight is 390 g/mol.